The molecule has 0 bridgehead atoms. The third kappa shape index (κ3) is 6.89. The van der Waals surface area contributed by atoms with E-state index in [2.05, 4.69) is 19.8 Å². The maximum Gasteiger partial charge on any atom is 0.339 e. The smallest absolute Gasteiger partial charge is 0.339 e. The molecular weight excluding hydrogens is 482 g/mol. The highest BCUT2D eigenvalue weighted by Crippen LogP contribution is 2.25. The Morgan fingerprint density at radius 2 is 1.64 bits per heavy atom. The number of sulfonamides is 1. The third-order valence-electron chi connectivity index (χ3n) is 5.15. The number of nitrogens with one attached hydrogen (secondary N) is 2. The van der Waals surface area contributed by atoms with Crippen molar-refractivity contribution in [3.63, 3.8) is 0 Å². The first-order valence-electron chi connectivity index (χ1n) is 11.2. The van der Waals surface area contributed by atoms with Gasteiger partial charge in [-0.05, 0) is 75.7 Å². The van der Waals surface area contributed by atoms with Gasteiger partial charge in [0.2, 0.25) is 10.0 Å². The molecule has 1 amide bonds. The van der Waals surface area contributed by atoms with Crippen LogP contribution in [-0.2, 0) is 14.8 Å². The van der Waals surface area contributed by atoms with Crippen molar-refractivity contribution in [3.05, 3.63) is 83.0 Å². The number of carbonyl (C=O) groups is 2. The molecule has 2 N–H and O–H groups in total. The summed E-state index contributed by atoms with van der Waals surface area (Å²) in [5.41, 5.74) is 2.00. The van der Waals surface area contributed by atoms with Gasteiger partial charge in [-0.2, -0.15) is 0 Å². The van der Waals surface area contributed by atoms with E-state index in [1.54, 1.807) is 49.4 Å². The summed E-state index contributed by atoms with van der Waals surface area (Å²) in [5.74, 6) is -0.358. The first-order chi connectivity index (χ1) is 17.0. The monoisotopic (exact) mass is 511 g/mol. The molecule has 0 saturated carbocycles. The molecule has 0 aliphatic rings. The van der Waals surface area contributed by atoms with Gasteiger partial charge in [0, 0.05) is 17.8 Å². The first-order valence-corrected chi connectivity index (χ1v) is 12.7. The number of esters is 1. The average molecular weight is 512 g/mol. The van der Waals surface area contributed by atoms with Gasteiger partial charge in [0.05, 0.1) is 23.7 Å². The van der Waals surface area contributed by atoms with Crippen molar-refractivity contribution in [1.82, 2.24) is 9.71 Å². The number of pyridine rings is 1. The molecule has 0 aliphatic carbocycles. The molecule has 1 atom stereocenters. The SMILES string of the molecule is COC(=O)c1ccc(NC(=O)c2cc(OC(C)C)cc(C(C)NS(=O)(=O)c3ccc(C)cc3)c2)nc1. The van der Waals surface area contributed by atoms with Crippen LogP contribution in [0.25, 0.3) is 0 Å². The van der Waals surface area contributed by atoms with Crippen molar-refractivity contribution in [1.29, 1.82) is 0 Å². The summed E-state index contributed by atoms with van der Waals surface area (Å²) in [6, 6.07) is 13.7. The highest BCUT2D eigenvalue weighted by molar-refractivity contribution is 7.89. The largest absolute Gasteiger partial charge is 0.491 e. The average Bonchev–Trinajstić information content (AvgIpc) is 2.83. The number of hydrogen-bond donors (Lipinski definition) is 2. The number of anilines is 1. The van der Waals surface area contributed by atoms with Gasteiger partial charge in [0.15, 0.2) is 0 Å². The number of nitrogens with zero attached hydrogens (tertiary/aromatic N) is 1. The predicted molar refractivity (Wildman–Crippen MR) is 136 cm³/mol. The number of ether oxygens (including phenoxy) is 2. The number of aromatic nitrogens is 1. The molecular formula is C26H29N3O6S. The lowest BCUT2D eigenvalue weighted by atomic mass is 10.0. The molecule has 1 aromatic heterocycles. The lowest BCUT2D eigenvalue weighted by Gasteiger charge is -2.18. The molecule has 0 radical (unpaired) electrons. The summed E-state index contributed by atoms with van der Waals surface area (Å²) < 4.78 is 38.9. The summed E-state index contributed by atoms with van der Waals surface area (Å²) in [4.78, 5) is 28.8. The Morgan fingerprint density at radius 1 is 0.944 bits per heavy atom. The maximum atomic E-state index is 13.0. The fourth-order valence-electron chi connectivity index (χ4n) is 3.32. The molecule has 190 valence electrons. The molecule has 3 rings (SSSR count). The molecule has 1 unspecified atom stereocenters. The summed E-state index contributed by atoms with van der Waals surface area (Å²) in [5, 5.41) is 2.67. The van der Waals surface area contributed by atoms with Crippen LogP contribution in [0.15, 0.2) is 65.7 Å². The van der Waals surface area contributed by atoms with Crippen LogP contribution < -0.4 is 14.8 Å². The van der Waals surface area contributed by atoms with E-state index < -0.39 is 27.9 Å². The minimum absolute atomic E-state index is 0.147. The summed E-state index contributed by atoms with van der Waals surface area (Å²) >= 11 is 0. The van der Waals surface area contributed by atoms with Crippen LogP contribution >= 0.6 is 0 Å². The van der Waals surface area contributed by atoms with E-state index in [0.717, 1.165) is 5.56 Å². The Kier molecular flexibility index (Phi) is 8.44. The summed E-state index contributed by atoms with van der Waals surface area (Å²) in [6.45, 7) is 7.27. The number of rotatable bonds is 9. The predicted octanol–water partition coefficient (Wildman–Crippen LogP) is 4.26. The Balaban J connectivity index is 1.86. The second kappa shape index (κ2) is 11.3. The number of carbonyl (C=O) groups excluding carboxylic acids is 2. The first kappa shape index (κ1) is 26.8. The quantitative estimate of drug-likeness (QED) is 0.412. The van der Waals surface area contributed by atoms with Crippen LogP contribution in [0.4, 0.5) is 5.82 Å². The number of hydrogen-bond acceptors (Lipinski definition) is 7. The fourth-order valence-corrected chi connectivity index (χ4v) is 4.56. The van der Waals surface area contributed by atoms with Gasteiger partial charge in [-0.3, -0.25) is 4.79 Å². The molecule has 9 nitrogen and oxygen atoms in total. The Bertz CT molecular complexity index is 1340. The van der Waals surface area contributed by atoms with Crippen LogP contribution in [-0.4, -0.2) is 38.5 Å². The zero-order valence-corrected chi connectivity index (χ0v) is 21.5. The van der Waals surface area contributed by atoms with Gasteiger partial charge in [0.25, 0.3) is 5.91 Å². The fraction of sp³-hybridized carbons (Fsp3) is 0.269. The highest BCUT2D eigenvalue weighted by Gasteiger charge is 2.21. The van der Waals surface area contributed by atoms with Gasteiger partial charge < -0.3 is 14.8 Å². The van der Waals surface area contributed by atoms with Crippen molar-refractivity contribution >= 4 is 27.7 Å². The van der Waals surface area contributed by atoms with Crippen molar-refractivity contribution < 1.29 is 27.5 Å². The van der Waals surface area contributed by atoms with E-state index in [1.807, 2.05) is 20.8 Å². The van der Waals surface area contributed by atoms with Crippen LogP contribution in [0.1, 0.15) is 58.7 Å². The normalized spacial score (nSPS) is 12.2. The molecule has 0 spiro atoms. The van der Waals surface area contributed by atoms with E-state index in [1.165, 1.54) is 25.4 Å². The van der Waals surface area contributed by atoms with E-state index in [4.69, 9.17) is 4.74 Å². The molecule has 0 saturated heterocycles. The van der Waals surface area contributed by atoms with Gasteiger partial charge in [0.1, 0.15) is 11.6 Å². The Hall–Kier alpha value is -3.76. The lowest BCUT2D eigenvalue weighted by Crippen LogP contribution is -2.27. The topological polar surface area (TPSA) is 124 Å². The van der Waals surface area contributed by atoms with Crippen LogP contribution in [0.5, 0.6) is 5.75 Å². The van der Waals surface area contributed by atoms with E-state index >= 15 is 0 Å². The number of aryl methyl sites for hydroxylation is 1. The van der Waals surface area contributed by atoms with Crippen LogP contribution in [0.2, 0.25) is 0 Å². The van der Waals surface area contributed by atoms with Gasteiger partial charge in [-0.1, -0.05) is 17.7 Å². The third-order valence-corrected chi connectivity index (χ3v) is 6.71. The second-order valence-corrected chi connectivity index (χ2v) is 10.2. The Labute approximate surface area is 210 Å². The minimum Gasteiger partial charge on any atom is -0.491 e. The van der Waals surface area contributed by atoms with E-state index in [-0.39, 0.29) is 27.9 Å². The number of methoxy groups -OCH3 is 1. The zero-order valence-electron chi connectivity index (χ0n) is 20.7. The van der Waals surface area contributed by atoms with Crippen molar-refractivity contribution in [2.75, 3.05) is 12.4 Å². The van der Waals surface area contributed by atoms with Crippen molar-refractivity contribution in [3.8, 4) is 5.75 Å². The van der Waals surface area contributed by atoms with Gasteiger partial charge in [-0.25, -0.2) is 22.9 Å². The molecule has 10 heteroatoms. The Morgan fingerprint density at radius 3 is 2.22 bits per heavy atom. The molecule has 1 heterocycles. The molecule has 3 aromatic rings. The van der Waals surface area contributed by atoms with Crippen molar-refractivity contribution in [2.45, 2.75) is 44.7 Å². The summed E-state index contributed by atoms with van der Waals surface area (Å²) in [7, 11) is -2.53. The summed E-state index contributed by atoms with van der Waals surface area (Å²) in [6.07, 6.45) is 1.14. The van der Waals surface area contributed by atoms with Crippen molar-refractivity contribution in [2.24, 2.45) is 0 Å². The lowest BCUT2D eigenvalue weighted by molar-refractivity contribution is 0.0600. The molecule has 36 heavy (non-hydrogen) atoms. The van der Waals surface area contributed by atoms with E-state index in [0.29, 0.717) is 11.3 Å². The molecule has 2 aromatic carbocycles. The zero-order chi connectivity index (χ0) is 26.5. The van der Waals surface area contributed by atoms with Gasteiger partial charge in [-0.15, -0.1) is 0 Å². The van der Waals surface area contributed by atoms with Crippen LogP contribution in [0.3, 0.4) is 0 Å². The number of benzene rings is 2. The van der Waals surface area contributed by atoms with Gasteiger partial charge >= 0.3 is 5.97 Å². The second-order valence-electron chi connectivity index (χ2n) is 8.49. The highest BCUT2D eigenvalue weighted by atomic mass is 32.2. The van der Waals surface area contributed by atoms with E-state index in [9.17, 15) is 18.0 Å². The maximum absolute atomic E-state index is 13.0. The molecule has 0 aliphatic heterocycles. The minimum atomic E-state index is -3.79. The molecule has 0 fully saturated rings. The number of amides is 1. The standard InChI is InChI=1S/C26H29N3O6S/c1-16(2)35-22-13-20(18(4)29-36(32,33)23-9-6-17(3)7-10-23)12-21(14-22)25(30)28-24-11-8-19(15-27-24)26(31)34-5/h6-16,18,29H,1-5H3,(H,27,28,30). The van der Waals surface area contributed by atoms with Crippen LogP contribution in [0, 0.1) is 6.92 Å².